The molecule has 0 unspecified atom stereocenters. The fourth-order valence-electron chi connectivity index (χ4n) is 2.55. The molecule has 2 N–H and O–H groups in total. The van der Waals surface area contributed by atoms with E-state index in [9.17, 15) is 9.90 Å². The third-order valence-corrected chi connectivity index (χ3v) is 3.84. The summed E-state index contributed by atoms with van der Waals surface area (Å²) in [6.45, 7) is 6.65. The van der Waals surface area contributed by atoms with Gasteiger partial charge < -0.3 is 15.3 Å². The van der Waals surface area contributed by atoms with Crippen LogP contribution >= 0.6 is 0 Å². The summed E-state index contributed by atoms with van der Waals surface area (Å²) in [5.74, 6) is 0.541. The van der Waals surface area contributed by atoms with Crippen molar-refractivity contribution < 1.29 is 9.90 Å². The average Bonchev–Trinajstić information content (AvgIpc) is 2.48. The number of amides is 2. The lowest BCUT2D eigenvalue weighted by Gasteiger charge is -2.21. The maximum atomic E-state index is 12.5. The first-order valence-corrected chi connectivity index (χ1v) is 7.78. The first-order valence-electron chi connectivity index (χ1n) is 7.78. The Hall–Kier alpha value is -2.49. The van der Waals surface area contributed by atoms with Gasteiger partial charge >= 0.3 is 6.03 Å². The van der Waals surface area contributed by atoms with Crippen LogP contribution in [0.2, 0.25) is 0 Å². The van der Waals surface area contributed by atoms with E-state index >= 15 is 0 Å². The third kappa shape index (κ3) is 4.25. The molecule has 2 amide bonds. The van der Waals surface area contributed by atoms with Gasteiger partial charge in [0.25, 0.3) is 0 Å². The van der Waals surface area contributed by atoms with E-state index in [-0.39, 0.29) is 11.8 Å². The Balaban J connectivity index is 2.13. The number of phenolic OH excluding ortho intramolecular Hbond substituents is 1. The lowest BCUT2D eigenvalue weighted by Crippen LogP contribution is -2.31. The Labute approximate surface area is 137 Å². The first kappa shape index (κ1) is 16.9. The Morgan fingerprint density at radius 1 is 1.22 bits per heavy atom. The number of benzene rings is 2. The predicted molar refractivity (Wildman–Crippen MR) is 93.9 cm³/mol. The smallest absolute Gasteiger partial charge is 0.321 e. The van der Waals surface area contributed by atoms with E-state index in [0.717, 1.165) is 22.4 Å². The molecule has 23 heavy (non-hydrogen) atoms. The van der Waals surface area contributed by atoms with Crippen LogP contribution in [0.5, 0.6) is 5.75 Å². The van der Waals surface area contributed by atoms with Gasteiger partial charge in [-0.05, 0) is 41.7 Å². The van der Waals surface area contributed by atoms with Gasteiger partial charge in [0.2, 0.25) is 0 Å². The summed E-state index contributed by atoms with van der Waals surface area (Å²) < 4.78 is 0. The second-order valence-electron chi connectivity index (χ2n) is 6.15. The van der Waals surface area contributed by atoms with Crippen LogP contribution in [-0.4, -0.2) is 23.1 Å². The summed E-state index contributed by atoms with van der Waals surface area (Å²) in [5, 5.41) is 12.5. The molecule has 4 heteroatoms. The number of phenols is 1. The van der Waals surface area contributed by atoms with Crippen molar-refractivity contribution in [2.75, 3.05) is 12.4 Å². The number of hydrogen-bond donors (Lipinski definition) is 2. The van der Waals surface area contributed by atoms with Crippen LogP contribution in [-0.2, 0) is 6.54 Å². The second-order valence-corrected chi connectivity index (χ2v) is 6.15. The lowest BCUT2D eigenvalue weighted by atomic mass is 9.98. The molecule has 0 aromatic heterocycles. The van der Waals surface area contributed by atoms with E-state index in [0.29, 0.717) is 12.5 Å². The number of anilines is 1. The molecule has 0 aliphatic heterocycles. The van der Waals surface area contributed by atoms with Gasteiger partial charge in [-0.1, -0.05) is 44.2 Å². The number of para-hydroxylation sites is 1. The first-order chi connectivity index (χ1) is 10.9. The zero-order valence-electron chi connectivity index (χ0n) is 14.1. The molecule has 0 heterocycles. The largest absolute Gasteiger partial charge is 0.508 e. The van der Waals surface area contributed by atoms with Gasteiger partial charge in [0.15, 0.2) is 0 Å². The van der Waals surface area contributed by atoms with Crippen LogP contribution in [0.3, 0.4) is 0 Å². The van der Waals surface area contributed by atoms with Crippen LogP contribution in [0.15, 0.2) is 42.5 Å². The zero-order valence-corrected chi connectivity index (χ0v) is 14.1. The van der Waals surface area contributed by atoms with Crippen LogP contribution in [0.25, 0.3) is 0 Å². The molecule has 0 aliphatic rings. The molecule has 0 saturated carbocycles. The quantitative estimate of drug-likeness (QED) is 0.874. The van der Waals surface area contributed by atoms with Gasteiger partial charge in [0.05, 0.1) is 0 Å². The number of urea groups is 1. The standard InChI is InChI=1S/C19H24N2O2/c1-13(2)17-10-5-7-14(3)18(17)20-19(23)21(4)12-15-8-6-9-16(22)11-15/h5-11,13,22H,12H2,1-4H3,(H,20,23). The van der Waals surface area contributed by atoms with Crippen molar-refractivity contribution in [2.24, 2.45) is 0 Å². The molecule has 0 aliphatic carbocycles. The molecular formula is C19H24N2O2. The number of nitrogens with zero attached hydrogens (tertiary/aromatic N) is 1. The van der Waals surface area contributed by atoms with E-state index < -0.39 is 0 Å². The van der Waals surface area contributed by atoms with Gasteiger partial charge in [0, 0.05) is 19.3 Å². The van der Waals surface area contributed by atoms with Crippen molar-refractivity contribution >= 4 is 11.7 Å². The highest BCUT2D eigenvalue weighted by molar-refractivity contribution is 5.91. The van der Waals surface area contributed by atoms with E-state index in [1.807, 2.05) is 31.2 Å². The van der Waals surface area contributed by atoms with Crippen molar-refractivity contribution in [1.82, 2.24) is 4.90 Å². The SMILES string of the molecule is Cc1cccc(C(C)C)c1NC(=O)N(C)Cc1cccc(O)c1. The van der Waals surface area contributed by atoms with E-state index in [1.165, 1.54) is 0 Å². The second kappa shape index (κ2) is 7.18. The van der Waals surface area contributed by atoms with Crippen molar-refractivity contribution in [3.8, 4) is 5.75 Å². The fourth-order valence-corrected chi connectivity index (χ4v) is 2.55. The highest BCUT2D eigenvalue weighted by Gasteiger charge is 2.15. The van der Waals surface area contributed by atoms with Gasteiger partial charge in [-0.15, -0.1) is 0 Å². The Kier molecular flexibility index (Phi) is 5.27. The van der Waals surface area contributed by atoms with Crippen molar-refractivity contribution in [1.29, 1.82) is 0 Å². The van der Waals surface area contributed by atoms with Crippen LogP contribution in [0.1, 0.15) is 36.5 Å². The minimum atomic E-state index is -0.162. The normalized spacial score (nSPS) is 10.7. The van der Waals surface area contributed by atoms with Crippen LogP contribution in [0.4, 0.5) is 10.5 Å². The molecule has 122 valence electrons. The zero-order chi connectivity index (χ0) is 17.0. The molecule has 0 spiro atoms. The predicted octanol–water partition coefficient (Wildman–Crippen LogP) is 4.49. The number of nitrogens with one attached hydrogen (secondary N) is 1. The molecule has 0 saturated heterocycles. The fraction of sp³-hybridized carbons (Fsp3) is 0.316. The average molecular weight is 312 g/mol. The molecule has 0 bridgehead atoms. The van der Waals surface area contributed by atoms with Gasteiger partial charge in [-0.3, -0.25) is 0 Å². The number of hydrogen-bond acceptors (Lipinski definition) is 2. The van der Waals surface area contributed by atoms with E-state index in [4.69, 9.17) is 0 Å². The third-order valence-electron chi connectivity index (χ3n) is 3.84. The molecule has 2 rings (SSSR count). The molecule has 0 atom stereocenters. The Morgan fingerprint density at radius 2 is 1.91 bits per heavy atom. The van der Waals surface area contributed by atoms with E-state index in [1.54, 1.807) is 30.1 Å². The molecule has 2 aromatic carbocycles. The molecule has 4 nitrogen and oxygen atoms in total. The summed E-state index contributed by atoms with van der Waals surface area (Å²) in [6.07, 6.45) is 0. The van der Waals surface area contributed by atoms with Gasteiger partial charge in [0.1, 0.15) is 5.75 Å². The van der Waals surface area contributed by atoms with Gasteiger partial charge in [-0.2, -0.15) is 0 Å². The molecule has 2 aromatic rings. The van der Waals surface area contributed by atoms with Crippen molar-refractivity contribution in [2.45, 2.75) is 33.2 Å². The van der Waals surface area contributed by atoms with E-state index in [2.05, 4.69) is 19.2 Å². The summed E-state index contributed by atoms with van der Waals surface area (Å²) in [5.41, 5.74) is 3.95. The number of rotatable bonds is 4. The Bertz CT molecular complexity index is 696. The Morgan fingerprint density at radius 3 is 2.57 bits per heavy atom. The van der Waals surface area contributed by atoms with Crippen LogP contribution in [0, 0.1) is 6.92 Å². The summed E-state index contributed by atoms with van der Waals surface area (Å²) >= 11 is 0. The highest BCUT2D eigenvalue weighted by Crippen LogP contribution is 2.27. The van der Waals surface area contributed by atoms with Crippen molar-refractivity contribution in [3.05, 3.63) is 59.2 Å². The minimum Gasteiger partial charge on any atom is -0.508 e. The van der Waals surface area contributed by atoms with Crippen LogP contribution < -0.4 is 5.32 Å². The maximum Gasteiger partial charge on any atom is 0.321 e. The molecular weight excluding hydrogens is 288 g/mol. The summed E-state index contributed by atoms with van der Waals surface area (Å²) in [6, 6.07) is 12.8. The summed E-state index contributed by atoms with van der Waals surface area (Å²) in [4.78, 5) is 14.1. The lowest BCUT2D eigenvalue weighted by molar-refractivity contribution is 0.220. The maximum absolute atomic E-state index is 12.5. The topological polar surface area (TPSA) is 52.6 Å². The minimum absolute atomic E-state index is 0.162. The number of aromatic hydroxyl groups is 1. The van der Waals surface area contributed by atoms with Crippen molar-refractivity contribution in [3.63, 3.8) is 0 Å². The summed E-state index contributed by atoms with van der Waals surface area (Å²) in [7, 11) is 1.74. The number of aryl methyl sites for hydroxylation is 1. The molecule has 0 fully saturated rings. The van der Waals surface area contributed by atoms with Gasteiger partial charge in [-0.25, -0.2) is 4.79 Å². The molecule has 0 radical (unpaired) electrons. The number of carbonyl (C=O) groups is 1. The highest BCUT2D eigenvalue weighted by atomic mass is 16.3. The number of carbonyl (C=O) groups excluding carboxylic acids is 1. The monoisotopic (exact) mass is 312 g/mol.